The maximum atomic E-state index is 12.7. The molecule has 0 saturated carbocycles. The number of nitrogen functional groups attached to an aromatic ring is 1. The van der Waals surface area contributed by atoms with Gasteiger partial charge in [-0.1, -0.05) is 24.3 Å². The molecule has 152 valence electrons. The maximum absolute atomic E-state index is 12.7. The fourth-order valence-electron chi connectivity index (χ4n) is 3.96. The van der Waals surface area contributed by atoms with Gasteiger partial charge in [-0.3, -0.25) is 4.79 Å². The summed E-state index contributed by atoms with van der Waals surface area (Å²) in [7, 11) is 0. The molecule has 0 aliphatic carbocycles. The van der Waals surface area contributed by atoms with Crippen LogP contribution in [-0.2, 0) is 11.2 Å². The Morgan fingerprint density at radius 3 is 2.77 bits per heavy atom. The monoisotopic (exact) mass is 402 g/mol. The van der Waals surface area contributed by atoms with E-state index in [2.05, 4.69) is 15.1 Å². The summed E-state index contributed by atoms with van der Waals surface area (Å²) in [5, 5.41) is 4.97. The van der Waals surface area contributed by atoms with E-state index in [9.17, 15) is 4.79 Å². The Labute approximate surface area is 172 Å². The van der Waals surface area contributed by atoms with E-state index in [0.29, 0.717) is 42.3 Å². The van der Waals surface area contributed by atoms with Crippen molar-refractivity contribution < 1.29 is 4.74 Å². The number of H-pyrrole nitrogens is 1. The van der Waals surface area contributed by atoms with Crippen LogP contribution >= 0.6 is 0 Å². The van der Waals surface area contributed by atoms with Gasteiger partial charge >= 0.3 is 0 Å². The smallest absolute Gasteiger partial charge is 0.262 e. The summed E-state index contributed by atoms with van der Waals surface area (Å²) in [6, 6.07) is 12.0. The van der Waals surface area contributed by atoms with Gasteiger partial charge in [0.25, 0.3) is 5.56 Å². The Morgan fingerprint density at radius 1 is 1.13 bits per heavy atom. The molecule has 1 fully saturated rings. The quantitative estimate of drug-likeness (QED) is 0.543. The molecule has 0 radical (unpaired) electrons. The van der Waals surface area contributed by atoms with Gasteiger partial charge in [-0.25, -0.2) is 14.6 Å². The highest BCUT2D eigenvalue weighted by Crippen LogP contribution is 2.26. The number of benzene rings is 1. The number of ether oxygens (including phenoxy) is 1. The van der Waals surface area contributed by atoms with Crippen LogP contribution in [0, 0.1) is 0 Å². The van der Waals surface area contributed by atoms with Crippen molar-refractivity contribution in [1.29, 1.82) is 0 Å². The zero-order valence-electron chi connectivity index (χ0n) is 16.4. The van der Waals surface area contributed by atoms with Crippen molar-refractivity contribution in [1.82, 2.24) is 24.7 Å². The minimum Gasteiger partial charge on any atom is -0.384 e. The second kappa shape index (κ2) is 7.72. The first-order chi connectivity index (χ1) is 14.7. The SMILES string of the molecule is Nc1ccc(-c2ccccc2Cc2nc3c(cnn3C3CCOCC3)c(=O)[nH]2)cn1. The topological polar surface area (TPSA) is 112 Å². The number of hydrogen-bond acceptors (Lipinski definition) is 6. The van der Waals surface area contributed by atoms with Crippen LogP contribution in [-0.4, -0.2) is 37.9 Å². The molecule has 3 N–H and O–H groups in total. The predicted molar refractivity (Wildman–Crippen MR) is 114 cm³/mol. The van der Waals surface area contributed by atoms with Crippen LogP contribution in [0.3, 0.4) is 0 Å². The molecule has 5 rings (SSSR count). The number of pyridine rings is 1. The Kier molecular flexibility index (Phi) is 4.76. The van der Waals surface area contributed by atoms with Gasteiger partial charge in [0.15, 0.2) is 5.65 Å². The van der Waals surface area contributed by atoms with Crippen molar-refractivity contribution in [3.8, 4) is 11.1 Å². The average molecular weight is 402 g/mol. The fraction of sp³-hybridized carbons (Fsp3) is 0.273. The molecule has 1 aromatic carbocycles. The van der Waals surface area contributed by atoms with Gasteiger partial charge in [0.1, 0.15) is 17.0 Å². The lowest BCUT2D eigenvalue weighted by Gasteiger charge is -2.22. The summed E-state index contributed by atoms with van der Waals surface area (Å²) in [5.74, 6) is 1.09. The lowest BCUT2D eigenvalue weighted by molar-refractivity contribution is 0.0673. The Bertz CT molecular complexity index is 1240. The van der Waals surface area contributed by atoms with Gasteiger partial charge in [-0.05, 0) is 36.1 Å². The van der Waals surface area contributed by atoms with E-state index in [0.717, 1.165) is 29.5 Å². The molecule has 0 amide bonds. The first-order valence-corrected chi connectivity index (χ1v) is 10.0. The molecule has 0 atom stereocenters. The van der Waals surface area contributed by atoms with Gasteiger partial charge in [0, 0.05) is 31.4 Å². The predicted octanol–water partition coefficient (Wildman–Crippen LogP) is 2.71. The Balaban J connectivity index is 1.53. The van der Waals surface area contributed by atoms with Crippen molar-refractivity contribution in [2.45, 2.75) is 25.3 Å². The van der Waals surface area contributed by atoms with Crippen molar-refractivity contribution in [2.75, 3.05) is 18.9 Å². The van der Waals surface area contributed by atoms with Crippen molar-refractivity contribution in [2.24, 2.45) is 0 Å². The fourth-order valence-corrected chi connectivity index (χ4v) is 3.96. The molecular weight excluding hydrogens is 380 g/mol. The number of rotatable bonds is 4. The molecule has 8 heteroatoms. The number of hydrogen-bond donors (Lipinski definition) is 2. The van der Waals surface area contributed by atoms with Crippen LogP contribution in [0.1, 0.15) is 30.3 Å². The van der Waals surface area contributed by atoms with Crippen LogP contribution in [0.4, 0.5) is 5.82 Å². The summed E-state index contributed by atoms with van der Waals surface area (Å²) >= 11 is 0. The van der Waals surface area contributed by atoms with Gasteiger partial charge < -0.3 is 15.5 Å². The van der Waals surface area contributed by atoms with E-state index in [1.54, 1.807) is 18.5 Å². The minimum absolute atomic E-state index is 0.167. The third-order valence-electron chi connectivity index (χ3n) is 5.52. The zero-order chi connectivity index (χ0) is 20.5. The second-order valence-corrected chi connectivity index (χ2v) is 7.49. The molecule has 30 heavy (non-hydrogen) atoms. The highest BCUT2D eigenvalue weighted by Gasteiger charge is 2.21. The number of anilines is 1. The molecular formula is C22H22N6O2. The van der Waals surface area contributed by atoms with Crippen LogP contribution in [0.25, 0.3) is 22.2 Å². The average Bonchev–Trinajstić information content (AvgIpc) is 3.20. The van der Waals surface area contributed by atoms with E-state index in [1.807, 2.05) is 35.0 Å². The highest BCUT2D eigenvalue weighted by atomic mass is 16.5. The summed E-state index contributed by atoms with van der Waals surface area (Å²) in [4.78, 5) is 24.6. The van der Waals surface area contributed by atoms with Gasteiger partial charge in [0.2, 0.25) is 0 Å². The van der Waals surface area contributed by atoms with Gasteiger partial charge in [-0.15, -0.1) is 0 Å². The molecule has 3 aromatic heterocycles. The van der Waals surface area contributed by atoms with Gasteiger partial charge in [0.05, 0.1) is 12.2 Å². The molecule has 4 heterocycles. The van der Waals surface area contributed by atoms with Crippen molar-refractivity contribution in [3.63, 3.8) is 0 Å². The lowest BCUT2D eigenvalue weighted by atomic mass is 9.98. The van der Waals surface area contributed by atoms with Crippen LogP contribution in [0.5, 0.6) is 0 Å². The Hall–Kier alpha value is -3.52. The summed E-state index contributed by atoms with van der Waals surface area (Å²) in [5.41, 5.74) is 9.24. The van der Waals surface area contributed by atoms with E-state index in [4.69, 9.17) is 15.5 Å². The number of fused-ring (bicyclic) bond motifs is 1. The van der Waals surface area contributed by atoms with Crippen molar-refractivity contribution >= 4 is 16.9 Å². The first kappa shape index (κ1) is 18.5. The maximum Gasteiger partial charge on any atom is 0.262 e. The Morgan fingerprint density at radius 2 is 1.97 bits per heavy atom. The summed E-state index contributed by atoms with van der Waals surface area (Å²) in [6.07, 6.45) is 5.59. The third-order valence-corrected chi connectivity index (χ3v) is 5.52. The number of nitrogens with two attached hydrogens (primary N) is 1. The molecule has 0 unspecified atom stereocenters. The highest BCUT2D eigenvalue weighted by molar-refractivity contribution is 5.73. The summed E-state index contributed by atoms with van der Waals surface area (Å²) in [6.45, 7) is 1.40. The van der Waals surface area contributed by atoms with Crippen molar-refractivity contribution in [3.05, 3.63) is 70.5 Å². The largest absolute Gasteiger partial charge is 0.384 e. The molecule has 0 bridgehead atoms. The zero-order valence-corrected chi connectivity index (χ0v) is 16.4. The summed E-state index contributed by atoms with van der Waals surface area (Å²) < 4.78 is 7.34. The number of aromatic nitrogens is 5. The lowest BCUT2D eigenvalue weighted by Crippen LogP contribution is -2.21. The molecule has 1 aliphatic rings. The molecule has 1 aliphatic heterocycles. The number of aromatic amines is 1. The molecule has 1 saturated heterocycles. The van der Waals surface area contributed by atoms with E-state index in [-0.39, 0.29) is 11.6 Å². The normalized spacial score (nSPS) is 14.9. The van der Waals surface area contributed by atoms with Crippen LogP contribution in [0.2, 0.25) is 0 Å². The van der Waals surface area contributed by atoms with Crippen LogP contribution in [0.15, 0.2) is 53.6 Å². The molecule has 8 nitrogen and oxygen atoms in total. The number of nitrogens with one attached hydrogen (secondary N) is 1. The molecule has 0 spiro atoms. The van der Waals surface area contributed by atoms with Crippen LogP contribution < -0.4 is 11.3 Å². The first-order valence-electron chi connectivity index (χ1n) is 10.0. The van der Waals surface area contributed by atoms with Gasteiger partial charge in [-0.2, -0.15) is 5.10 Å². The number of nitrogens with zero attached hydrogens (tertiary/aromatic N) is 4. The molecule has 4 aromatic rings. The minimum atomic E-state index is -0.167. The standard InChI is InChI=1S/C22H22N6O2/c23-19-6-5-15(12-24-19)17-4-2-1-3-14(17)11-20-26-21-18(22(29)27-20)13-25-28(21)16-7-9-30-10-8-16/h1-6,12-13,16H,7-11H2,(H2,23,24)(H,26,27,29). The second-order valence-electron chi connectivity index (χ2n) is 7.49. The van der Waals surface area contributed by atoms with E-state index in [1.165, 1.54) is 0 Å². The van der Waals surface area contributed by atoms with E-state index < -0.39 is 0 Å². The third kappa shape index (κ3) is 3.46. The van der Waals surface area contributed by atoms with E-state index >= 15 is 0 Å².